The first-order chi connectivity index (χ1) is 11.6. The Bertz CT molecular complexity index is 787. The van der Waals surface area contributed by atoms with E-state index in [4.69, 9.17) is 26.3 Å². The lowest BCUT2D eigenvalue weighted by Gasteiger charge is -2.13. The van der Waals surface area contributed by atoms with Crippen molar-refractivity contribution in [1.29, 1.82) is 5.26 Å². The largest absolute Gasteiger partial charge is 0.495 e. The number of nitriles is 1. The van der Waals surface area contributed by atoms with E-state index < -0.39 is 0 Å². The van der Waals surface area contributed by atoms with Crippen LogP contribution in [0.2, 0.25) is 5.02 Å². The van der Waals surface area contributed by atoms with Crippen molar-refractivity contribution in [3.05, 3.63) is 47.0 Å². The minimum Gasteiger partial charge on any atom is -0.495 e. The summed E-state index contributed by atoms with van der Waals surface area (Å²) in [5, 5.41) is 14.9. The van der Waals surface area contributed by atoms with E-state index in [0.29, 0.717) is 33.5 Å². The zero-order valence-corrected chi connectivity index (χ0v) is 14.0. The molecule has 0 aliphatic heterocycles. The highest BCUT2D eigenvalue weighted by Crippen LogP contribution is 2.35. The predicted molar refractivity (Wildman–Crippen MR) is 92.8 cm³/mol. The van der Waals surface area contributed by atoms with Gasteiger partial charge in [0.1, 0.15) is 11.5 Å². The summed E-state index contributed by atoms with van der Waals surface area (Å²) in [4.78, 5) is 12.1. The summed E-state index contributed by atoms with van der Waals surface area (Å²) in [6, 6.07) is 12.1. The number of methoxy groups -OCH3 is 2. The fourth-order valence-electron chi connectivity index (χ4n) is 2.03. The number of anilines is 2. The Kier molecular flexibility index (Phi) is 5.88. The van der Waals surface area contributed by atoms with Crippen molar-refractivity contribution in [1.82, 2.24) is 0 Å². The van der Waals surface area contributed by atoms with Crippen LogP contribution in [0.25, 0.3) is 0 Å². The molecule has 0 fully saturated rings. The zero-order valence-electron chi connectivity index (χ0n) is 13.2. The Morgan fingerprint density at radius 1 is 1.21 bits per heavy atom. The monoisotopic (exact) mass is 345 g/mol. The van der Waals surface area contributed by atoms with Gasteiger partial charge in [-0.1, -0.05) is 17.7 Å². The number of ether oxygens (including phenoxy) is 2. The molecule has 0 unspecified atom stereocenters. The van der Waals surface area contributed by atoms with Gasteiger partial charge in [-0.05, 0) is 18.2 Å². The van der Waals surface area contributed by atoms with Crippen LogP contribution in [0, 0.1) is 11.3 Å². The number of rotatable bonds is 6. The highest BCUT2D eigenvalue weighted by atomic mass is 35.5. The molecule has 2 rings (SSSR count). The van der Waals surface area contributed by atoms with Crippen molar-refractivity contribution in [3.63, 3.8) is 0 Å². The summed E-state index contributed by atoms with van der Waals surface area (Å²) >= 11 is 6.03. The standard InChI is InChI=1S/C17H16ClN3O3/c1-23-15-8-14(16(24-2)7-13(15)18)21-17(22)10-20-12-5-3-4-11(6-12)9-19/h3-8,20H,10H2,1-2H3,(H,21,22). The molecule has 0 saturated heterocycles. The lowest BCUT2D eigenvalue weighted by atomic mass is 10.2. The summed E-state index contributed by atoms with van der Waals surface area (Å²) in [5.41, 5.74) is 1.66. The van der Waals surface area contributed by atoms with Crippen LogP contribution in [-0.4, -0.2) is 26.7 Å². The number of hydrogen-bond donors (Lipinski definition) is 2. The van der Waals surface area contributed by atoms with E-state index in [2.05, 4.69) is 10.6 Å². The molecule has 2 aromatic rings. The maximum Gasteiger partial charge on any atom is 0.243 e. The first-order valence-electron chi connectivity index (χ1n) is 7.02. The van der Waals surface area contributed by atoms with Crippen LogP contribution in [0.5, 0.6) is 11.5 Å². The third-order valence-corrected chi connectivity index (χ3v) is 3.49. The zero-order chi connectivity index (χ0) is 17.5. The molecule has 124 valence electrons. The minimum absolute atomic E-state index is 0.0307. The van der Waals surface area contributed by atoms with Crippen LogP contribution < -0.4 is 20.1 Å². The summed E-state index contributed by atoms with van der Waals surface area (Å²) < 4.78 is 10.3. The molecule has 0 atom stereocenters. The Morgan fingerprint density at radius 3 is 2.62 bits per heavy atom. The highest BCUT2D eigenvalue weighted by molar-refractivity contribution is 6.32. The van der Waals surface area contributed by atoms with Crippen molar-refractivity contribution in [2.24, 2.45) is 0 Å². The number of amides is 1. The van der Waals surface area contributed by atoms with Gasteiger partial charge >= 0.3 is 0 Å². The molecule has 2 N–H and O–H groups in total. The van der Waals surface area contributed by atoms with Crippen molar-refractivity contribution in [3.8, 4) is 17.6 Å². The summed E-state index contributed by atoms with van der Waals surface area (Å²) in [6.07, 6.45) is 0. The lowest BCUT2D eigenvalue weighted by Crippen LogP contribution is -2.22. The number of nitrogens with one attached hydrogen (secondary N) is 2. The van der Waals surface area contributed by atoms with Crippen molar-refractivity contribution in [2.75, 3.05) is 31.4 Å². The topological polar surface area (TPSA) is 83.4 Å². The van der Waals surface area contributed by atoms with Crippen molar-refractivity contribution in [2.45, 2.75) is 0 Å². The number of nitrogens with zero attached hydrogens (tertiary/aromatic N) is 1. The van der Waals surface area contributed by atoms with Gasteiger partial charge in [-0.25, -0.2) is 0 Å². The van der Waals surface area contributed by atoms with Crippen LogP contribution >= 0.6 is 11.6 Å². The molecule has 7 heteroatoms. The number of carbonyl (C=O) groups excluding carboxylic acids is 1. The lowest BCUT2D eigenvalue weighted by molar-refractivity contribution is -0.114. The minimum atomic E-state index is -0.278. The molecule has 0 saturated carbocycles. The molecule has 0 aliphatic rings. The molecule has 0 aliphatic carbocycles. The van der Waals surface area contributed by atoms with Crippen LogP contribution in [0.3, 0.4) is 0 Å². The average molecular weight is 346 g/mol. The molecular weight excluding hydrogens is 330 g/mol. The molecule has 0 spiro atoms. The number of hydrogen-bond acceptors (Lipinski definition) is 5. The summed E-state index contributed by atoms with van der Waals surface area (Å²) in [5.74, 6) is 0.586. The predicted octanol–water partition coefficient (Wildman–Crippen LogP) is 3.28. The van der Waals surface area contributed by atoms with Crippen LogP contribution in [0.15, 0.2) is 36.4 Å². The Morgan fingerprint density at radius 2 is 1.96 bits per heavy atom. The molecule has 0 radical (unpaired) electrons. The van der Waals surface area contributed by atoms with Gasteiger partial charge in [0.15, 0.2) is 0 Å². The molecule has 0 heterocycles. The second kappa shape index (κ2) is 8.09. The Labute approximate surface area is 144 Å². The van der Waals surface area contributed by atoms with Gasteiger partial charge in [-0.3, -0.25) is 4.79 Å². The maximum atomic E-state index is 12.1. The molecule has 2 aromatic carbocycles. The van der Waals surface area contributed by atoms with Gasteiger partial charge < -0.3 is 20.1 Å². The molecule has 0 aromatic heterocycles. The van der Waals surface area contributed by atoms with E-state index in [9.17, 15) is 4.79 Å². The van der Waals surface area contributed by atoms with Crippen LogP contribution in [0.4, 0.5) is 11.4 Å². The van der Waals surface area contributed by atoms with Crippen molar-refractivity contribution >= 4 is 28.9 Å². The van der Waals surface area contributed by atoms with E-state index >= 15 is 0 Å². The molecule has 6 nitrogen and oxygen atoms in total. The second-order valence-corrected chi connectivity index (χ2v) is 5.19. The Hall–Kier alpha value is -2.91. The first kappa shape index (κ1) is 17.4. The smallest absolute Gasteiger partial charge is 0.243 e. The first-order valence-corrected chi connectivity index (χ1v) is 7.40. The fourth-order valence-corrected chi connectivity index (χ4v) is 2.26. The molecular formula is C17H16ClN3O3. The van der Waals surface area contributed by atoms with E-state index in [-0.39, 0.29) is 12.5 Å². The Balaban J connectivity index is 2.05. The van der Waals surface area contributed by atoms with Gasteiger partial charge in [0.25, 0.3) is 0 Å². The second-order valence-electron chi connectivity index (χ2n) is 4.78. The average Bonchev–Trinajstić information content (AvgIpc) is 2.61. The summed E-state index contributed by atoms with van der Waals surface area (Å²) in [7, 11) is 2.97. The van der Waals surface area contributed by atoms with Gasteiger partial charge in [-0.15, -0.1) is 0 Å². The normalized spacial score (nSPS) is 9.75. The van der Waals surface area contributed by atoms with Crippen LogP contribution in [-0.2, 0) is 4.79 Å². The van der Waals surface area contributed by atoms with E-state index in [1.54, 1.807) is 36.4 Å². The fraction of sp³-hybridized carbons (Fsp3) is 0.176. The maximum absolute atomic E-state index is 12.1. The van der Waals surface area contributed by atoms with Crippen LogP contribution in [0.1, 0.15) is 5.56 Å². The van der Waals surface area contributed by atoms with E-state index in [1.165, 1.54) is 14.2 Å². The molecule has 1 amide bonds. The van der Waals surface area contributed by atoms with Gasteiger partial charge in [0.2, 0.25) is 5.91 Å². The molecule has 0 bridgehead atoms. The number of benzene rings is 2. The van der Waals surface area contributed by atoms with Gasteiger partial charge in [-0.2, -0.15) is 5.26 Å². The third-order valence-electron chi connectivity index (χ3n) is 3.19. The molecule has 24 heavy (non-hydrogen) atoms. The summed E-state index contributed by atoms with van der Waals surface area (Å²) in [6.45, 7) is 0.0307. The van der Waals surface area contributed by atoms with E-state index in [0.717, 1.165) is 0 Å². The quantitative estimate of drug-likeness (QED) is 0.839. The third kappa shape index (κ3) is 4.31. The van der Waals surface area contributed by atoms with E-state index in [1.807, 2.05) is 6.07 Å². The number of carbonyl (C=O) groups is 1. The van der Waals surface area contributed by atoms with Gasteiger partial charge in [0.05, 0.1) is 43.1 Å². The SMILES string of the molecule is COc1cc(NC(=O)CNc2cccc(C#N)c2)c(OC)cc1Cl. The van der Waals surface area contributed by atoms with Crippen molar-refractivity contribution < 1.29 is 14.3 Å². The number of halogens is 1. The van der Waals surface area contributed by atoms with Gasteiger partial charge in [0, 0.05) is 17.8 Å². The highest BCUT2D eigenvalue weighted by Gasteiger charge is 2.12.